The van der Waals surface area contributed by atoms with Crippen molar-refractivity contribution in [2.45, 2.75) is 38.6 Å². The number of hydrogen-bond acceptors (Lipinski definition) is 4. The van der Waals surface area contributed by atoms with E-state index >= 15 is 0 Å². The lowest BCUT2D eigenvalue weighted by atomic mass is 9.93. The Balaban J connectivity index is 1.93. The normalized spacial score (nSPS) is 19.9. The van der Waals surface area contributed by atoms with Crippen LogP contribution in [0.2, 0.25) is 0 Å². The Bertz CT molecular complexity index is 313. The van der Waals surface area contributed by atoms with Crippen LogP contribution in [-0.2, 0) is 0 Å². The van der Waals surface area contributed by atoms with Gasteiger partial charge in [-0.2, -0.15) is 0 Å². The van der Waals surface area contributed by atoms with Crippen LogP contribution < -0.4 is 5.73 Å². The van der Waals surface area contributed by atoms with E-state index in [9.17, 15) is 0 Å². The third-order valence-electron chi connectivity index (χ3n) is 3.22. The molecule has 1 aliphatic rings. The summed E-state index contributed by atoms with van der Waals surface area (Å²) in [5.41, 5.74) is 6.87. The lowest BCUT2D eigenvalue weighted by Gasteiger charge is -2.33. The van der Waals surface area contributed by atoms with Crippen LogP contribution in [0, 0.1) is 0 Å². The van der Waals surface area contributed by atoms with Gasteiger partial charge in [-0.1, -0.05) is 0 Å². The summed E-state index contributed by atoms with van der Waals surface area (Å²) >= 11 is 1.56. The summed E-state index contributed by atoms with van der Waals surface area (Å²) < 4.78 is 0. The van der Waals surface area contributed by atoms with Crippen LogP contribution in [0.15, 0.2) is 5.38 Å². The predicted octanol–water partition coefficient (Wildman–Crippen LogP) is 2.31. The number of piperidine rings is 1. The quantitative estimate of drug-likeness (QED) is 0.840. The number of likely N-dealkylation sites (tertiary alicyclic amines) is 1. The Labute approximate surface area is 95.3 Å². The highest BCUT2D eigenvalue weighted by Crippen LogP contribution is 2.29. The summed E-state index contributed by atoms with van der Waals surface area (Å²) in [6, 6.07) is 0.673. The highest BCUT2D eigenvalue weighted by Gasteiger charge is 2.23. The van der Waals surface area contributed by atoms with Gasteiger partial charge in [0, 0.05) is 17.3 Å². The van der Waals surface area contributed by atoms with E-state index in [0.29, 0.717) is 17.1 Å². The standard InChI is InChI=1S/C11H19N3S/c1-8(2)14-5-3-9(4-6-14)10-7-15-11(12)13-10/h7-9H,3-6H2,1-2H3,(H2,12,13). The second-order valence-corrected chi connectivity index (χ2v) is 5.40. The van der Waals surface area contributed by atoms with E-state index in [0.717, 1.165) is 0 Å². The van der Waals surface area contributed by atoms with Crippen molar-refractivity contribution in [3.8, 4) is 0 Å². The first-order valence-electron chi connectivity index (χ1n) is 5.61. The molecule has 0 amide bonds. The van der Waals surface area contributed by atoms with Gasteiger partial charge < -0.3 is 10.6 Å². The number of nitrogens with two attached hydrogens (primary N) is 1. The molecular formula is C11H19N3S. The van der Waals surface area contributed by atoms with Gasteiger partial charge in [0.15, 0.2) is 5.13 Å². The average molecular weight is 225 g/mol. The van der Waals surface area contributed by atoms with Gasteiger partial charge in [-0.25, -0.2) is 4.98 Å². The molecule has 2 N–H and O–H groups in total. The van der Waals surface area contributed by atoms with Gasteiger partial charge in [0.25, 0.3) is 0 Å². The van der Waals surface area contributed by atoms with Gasteiger partial charge in [-0.3, -0.25) is 0 Å². The molecule has 84 valence electrons. The zero-order chi connectivity index (χ0) is 10.8. The minimum atomic E-state index is 0.633. The predicted molar refractivity (Wildman–Crippen MR) is 65.2 cm³/mol. The van der Waals surface area contributed by atoms with Crippen molar-refractivity contribution in [2.75, 3.05) is 18.8 Å². The van der Waals surface area contributed by atoms with E-state index < -0.39 is 0 Å². The maximum absolute atomic E-state index is 5.66. The molecule has 0 aliphatic carbocycles. The molecule has 0 saturated carbocycles. The van der Waals surface area contributed by atoms with E-state index in [1.54, 1.807) is 11.3 Å². The SMILES string of the molecule is CC(C)N1CCC(c2csc(N)n2)CC1. The molecule has 15 heavy (non-hydrogen) atoms. The number of nitrogens with zero attached hydrogens (tertiary/aromatic N) is 2. The van der Waals surface area contributed by atoms with E-state index in [1.807, 2.05) is 0 Å². The molecule has 0 atom stereocenters. The Morgan fingerprint density at radius 2 is 2.13 bits per heavy atom. The molecule has 1 aromatic heterocycles. The first kappa shape index (κ1) is 10.9. The Morgan fingerprint density at radius 3 is 2.60 bits per heavy atom. The monoisotopic (exact) mass is 225 g/mol. The fourth-order valence-electron chi connectivity index (χ4n) is 2.20. The molecule has 2 rings (SSSR count). The maximum Gasteiger partial charge on any atom is 0.180 e. The summed E-state index contributed by atoms with van der Waals surface area (Å²) in [7, 11) is 0. The fourth-order valence-corrected chi connectivity index (χ4v) is 2.84. The molecule has 2 heterocycles. The first-order chi connectivity index (χ1) is 7.16. The number of hydrogen-bond donors (Lipinski definition) is 1. The number of rotatable bonds is 2. The van der Waals surface area contributed by atoms with Crippen LogP contribution in [0.5, 0.6) is 0 Å². The lowest BCUT2D eigenvalue weighted by molar-refractivity contribution is 0.171. The van der Waals surface area contributed by atoms with E-state index in [2.05, 4.69) is 29.1 Å². The minimum Gasteiger partial charge on any atom is -0.375 e. The topological polar surface area (TPSA) is 42.1 Å². The lowest BCUT2D eigenvalue weighted by Crippen LogP contribution is -2.37. The molecule has 3 nitrogen and oxygen atoms in total. The molecule has 0 bridgehead atoms. The molecule has 1 aliphatic heterocycles. The summed E-state index contributed by atoms with van der Waals surface area (Å²) in [5.74, 6) is 0.633. The van der Waals surface area contributed by atoms with Gasteiger partial charge in [0.2, 0.25) is 0 Å². The first-order valence-corrected chi connectivity index (χ1v) is 6.49. The van der Waals surface area contributed by atoms with Crippen molar-refractivity contribution in [3.63, 3.8) is 0 Å². The largest absolute Gasteiger partial charge is 0.375 e. The molecular weight excluding hydrogens is 206 g/mol. The fraction of sp³-hybridized carbons (Fsp3) is 0.727. The molecule has 0 aromatic carbocycles. The van der Waals surface area contributed by atoms with Crippen molar-refractivity contribution < 1.29 is 0 Å². The zero-order valence-corrected chi connectivity index (χ0v) is 10.3. The van der Waals surface area contributed by atoms with Gasteiger partial charge >= 0.3 is 0 Å². The molecule has 1 aromatic rings. The van der Waals surface area contributed by atoms with Crippen molar-refractivity contribution >= 4 is 16.5 Å². The van der Waals surface area contributed by atoms with Crippen LogP contribution in [0.25, 0.3) is 0 Å². The number of thiazole rings is 1. The van der Waals surface area contributed by atoms with Crippen LogP contribution in [0.4, 0.5) is 5.13 Å². The summed E-state index contributed by atoms with van der Waals surface area (Å²) in [5, 5.41) is 2.82. The van der Waals surface area contributed by atoms with Gasteiger partial charge in [0.1, 0.15) is 0 Å². The Kier molecular flexibility index (Phi) is 3.26. The van der Waals surface area contributed by atoms with Crippen LogP contribution in [0.1, 0.15) is 38.3 Å². The van der Waals surface area contributed by atoms with E-state index in [4.69, 9.17) is 5.73 Å². The molecule has 4 heteroatoms. The molecule has 0 spiro atoms. The molecule has 0 unspecified atom stereocenters. The van der Waals surface area contributed by atoms with Crippen molar-refractivity contribution in [1.29, 1.82) is 0 Å². The summed E-state index contributed by atoms with van der Waals surface area (Å²) in [6.07, 6.45) is 2.45. The highest BCUT2D eigenvalue weighted by atomic mass is 32.1. The van der Waals surface area contributed by atoms with Crippen LogP contribution >= 0.6 is 11.3 Å². The highest BCUT2D eigenvalue weighted by molar-refractivity contribution is 7.13. The zero-order valence-electron chi connectivity index (χ0n) is 9.44. The second-order valence-electron chi connectivity index (χ2n) is 4.51. The Hall–Kier alpha value is -0.610. The van der Waals surface area contributed by atoms with Gasteiger partial charge in [0.05, 0.1) is 5.69 Å². The third kappa shape index (κ3) is 2.49. The number of anilines is 1. The second kappa shape index (κ2) is 4.49. The summed E-state index contributed by atoms with van der Waals surface area (Å²) in [6.45, 7) is 6.92. The van der Waals surface area contributed by atoms with Crippen molar-refractivity contribution in [3.05, 3.63) is 11.1 Å². The average Bonchev–Trinajstić information content (AvgIpc) is 2.65. The number of nitrogen functional groups attached to an aromatic ring is 1. The van der Waals surface area contributed by atoms with Crippen LogP contribution in [0.3, 0.4) is 0 Å². The molecule has 1 fully saturated rings. The summed E-state index contributed by atoms with van der Waals surface area (Å²) in [4.78, 5) is 6.92. The number of aromatic nitrogens is 1. The molecule has 0 radical (unpaired) electrons. The smallest absolute Gasteiger partial charge is 0.180 e. The van der Waals surface area contributed by atoms with Crippen LogP contribution in [-0.4, -0.2) is 29.0 Å². The van der Waals surface area contributed by atoms with Gasteiger partial charge in [-0.15, -0.1) is 11.3 Å². The van der Waals surface area contributed by atoms with E-state index in [1.165, 1.54) is 31.6 Å². The molecule has 1 saturated heterocycles. The van der Waals surface area contributed by atoms with E-state index in [-0.39, 0.29) is 0 Å². The van der Waals surface area contributed by atoms with Crippen molar-refractivity contribution in [2.24, 2.45) is 0 Å². The Morgan fingerprint density at radius 1 is 1.47 bits per heavy atom. The van der Waals surface area contributed by atoms with Gasteiger partial charge in [-0.05, 0) is 39.8 Å². The van der Waals surface area contributed by atoms with Crippen molar-refractivity contribution in [1.82, 2.24) is 9.88 Å². The minimum absolute atomic E-state index is 0.633. The maximum atomic E-state index is 5.66. The third-order valence-corrected chi connectivity index (χ3v) is 3.91.